The summed E-state index contributed by atoms with van der Waals surface area (Å²) in [6.07, 6.45) is -1.50. The molecule has 0 fully saturated rings. The molecule has 0 aliphatic rings. The van der Waals surface area contributed by atoms with Gasteiger partial charge >= 0.3 is 5.97 Å². The fourth-order valence-corrected chi connectivity index (χ4v) is 2.84. The summed E-state index contributed by atoms with van der Waals surface area (Å²) in [5.74, 6) is -1.07. The highest BCUT2D eigenvalue weighted by molar-refractivity contribution is 5.92. The molecule has 1 unspecified atom stereocenters. The third-order valence-electron chi connectivity index (χ3n) is 4.21. The van der Waals surface area contributed by atoms with Gasteiger partial charge in [0.05, 0.1) is 0 Å². The standard InChI is InChI=1S/C23H21NO4/c1-16(25)24-21-14-19(18-10-6-3-7-11-18)12-13-20(21)22(26)23(27)28-15-17-8-4-2-5-9-17/h2-14,22,26H,15H2,1H3,(H,24,25). The van der Waals surface area contributed by atoms with Gasteiger partial charge < -0.3 is 15.2 Å². The Kier molecular flexibility index (Phi) is 6.19. The van der Waals surface area contributed by atoms with E-state index in [9.17, 15) is 14.7 Å². The van der Waals surface area contributed by atoms with Crippen LogP contribution in [0.2, 0.25) is 0 Å². The molecule has 0 saturated carbocycles. The second kappa shape index (κ2) is 8.97. The van der Waals surface area contributed by atoms with Crippen molar-refractivity contribution in [2.75, 3.05) is 5.32 Å². The molecule has 2 N–H and O–H groups in total. The fourth-order valence-electron chi connectivity index (χ4n) is 2.84. The number of hydrogen-bond donors (Lipinski definition) is 2. The lowest BCUT2D eigenvalue weighted by Gasteiger charge is -2.17. The van der Waals surface area contributed by atoms with Crippen LogP contribution in [-0.4, -0.2) is 17.0 Å². The highest BCUT2D eigenvalue weighted by Crippen LogP contribution is 2.30. The van der Waals surface area contributed by atoms with E-state index >= 15 is 0 Å². The maximum Gasteiger partial charge on any atom is 0.340 e. The minimum absolute atomic E-state index is 0.0638. The van der Waals surface area contributed by atoms with Crippen molar-refractivity contribution in [3.63, 3.8) is 0 Å². The van der Waals surface area contributed by atoms with Crippen LogP contribution in [0.3, 0.4) is 0 Å². The topological polar surface area (TPSA) is 75.6 Å². The molecule has 5 nitrogen and oxygen atoms in total. The van der Waals surface area contributed by atoms with Crippen molar-refractivity contribution in [2.45, 2.75) is 19.6 Å². The Hall–Kier alpha value is -3.44. The molecule has 28 heavy (non-hydrogen) atoms. The van der Waals surface area contributed by atoms with E-state index in [0.29, 0.717) is 5.69 Å². The molecule has 0 aliphatic carbocycles. The van der Waals surface area contributed by atoms with Gasteiger partial charge in [0.25, 0.3) is 0 Å². The summed E-state index contributed by atoms with van der Waals surface area (Å²) in [6.45, 7) is 1.44. The van der Waals surface area contributed by atoms with Crippen molar-refractivity contribution in [1.82, 2.24) is 0 Å². The average Bonchev–Trinajstić information content (AvgIpc) is 2.72. The number of esters is 1. The molecule has 0 radical (unpaired) electrons. The van der Waals surface area contributed by atoms with E-state index in [1.807, 2.05) is 60.7 Å². The van der Waals surface area contributed by atoms with Gasteiger partial charge in [0, 0.05) is 18.2 Å². The van der Waals surface area contributed by atoms with Crippen LogP contribution in [0.1, 0.15) is 24.2 Å². The van der Waals surface area contributed by atoms with Gasteiger partial charge in [-0.2, -0.15) is 0 Å². The number of rotatable bonds is 6. The number of carbonyl (C=O) groups excluding carboxylic acids is 2. The zero-order valence-corrected chi connectivity index (χ0v) is 15.5. The summed E-state index contributed by atoms with van der Waals surface area (Å²) in [7, 11) is 0. The first-order valence-corrected chi connectivity index (χ1v) is 8.90. The highest BCUT2D eigenvalue weighted by Gasteiger charge is 2.23. The molecule has 1 atom stereocenters. The van der Waals surface area contributed by atoms with E-state index < -0.39 is 12.1 Å². The normalized spacial score (nSPS) is 11.5. The van der Waals surface area contributed by atoms with Crippen LogP contribution in [0.15, 0.2) is 78.9 Å². The molecule has 0 heterocycles. The van der Waals surface area contributed by atoms with Crippen LogP contribution in [0, 0.1) is 0 Å². The van der Waals surface area contributed by atoms with Gasteiger partial charge in [0.15, 0.2) is 6.10 Å². The third kappa shape index (κ3) is 4.84. The SMILES string of the molecule is CC(=O)Nc1cc(-c2ccccc2)ccc1C(O)C(=O)OCc1ccccc1. The fraction of sp³-hybridized carbons (Fsp3) is 0.130. The number of nitrogens with one attached hydrogen (secondary N) is 1. The summed E-state index contributed by atoms with van der Waals surface area (Å²) >= 11 is 0. The Morgan fingerprint density at radius 1 is 0.929 bits per heavy atom. The lowest BCUT2D eigenvalue weighted by molar-refractivity contribution is -0.155. The van der Waals surface area contributed by atoms with Crippen LogP contribution >= 0.6 is 0 Å². The smallest absolute Gasteiger partial charge is 0.340 e. The third-order valence-corrected chi connectivity index (χ3v) is 4.21. The first kappa shape index (κ1) is 19.3. The second-order valence-electron chi connectivity index (χ2n) is 6.35. The van der Waals surface area contributed by atoms with Crippen LogP contribution in [0.4, 0.5) is 5.69 Å². The quantitative estimate of drug-likeness (QED) is 0.637. The number of amides is 1. The summed E-state index contributed by atoms with van der Waals surface area (Å²) in [6, 6.07) is 24.0. The Morgan fingerprint density at radius 2 is 1.57 bits per heavy atom. The average molecular weight is 375 g/mol. The zero-order valence-electron chi connectivity index (χ0n) is 15.5. The molecular formula is C23H21NO4. The first-order chi connectivity index (χ1) is 13.5. The summed E-state index contributed by atoms with van der Waals surface area (Å²) in [5.41, 5.74) is 3.30. The lowest BCUT2D eigenvalue weighted by atomic mass is 9.99. The molecule has 0 bridgehead atoms. The molecule has 0 aromatic heterocycles. The first-order valence-electron chi connectivity index (χ1n) is 8.90. The van der Waals surface area contributed by atoms with Gasteiger partial charge in [-0.15, -0.1) is 0 Å². The molecule has 0 aliphatic heterocycles. The van der Waals surface area contributed by atoms with Gasteiger partial charge in [-0.05, 0) is 22.8 Å². The molecule has 3 rings (SSSR count). The number of anilines is 1. The van der Waals surface area contributed by atoms with Gasteiger partial charge in [0.1, 0.15) is 6.61 Å². The van der Waals surface area contributed by atoms with Crippen LogP contribution in [0.5, 0.6) is 0 Å². The van der Waals surface area contributed by atoms with E-state index in [0.717, 1.165) is 16.7 Å². The van der Waals surface area contributed by atoms with Crippen molar-refractivity contribution < 1.29 is 19.4 Å². The van der Waals surface area contributed by atoms with Crippen molar-refractivity contribution in [3.8, 4) is 11.1 Å². The molecule has 142 valence electrons. The highest BCUT2D eigenvalue weighted by atomic mass is 16.5. The maximum absolute atomic E-state index is 12.3. The van der Waals surface area contributed by atoms with Crippen LogP contribution in [-0.2, 0) is 20.9 Å². The van der Waals surface area contributed by atoms with Crippen molar-refractivity contribution in [3.05, 3.63) is 90.0 Å². The Labute approximate surface area is 163 Å². The Balaban J connectivity index is 1.82. The van der Waals surface area contributed by atoms with Gasteiger partial charge in [-0.1, -0.05) is 72.8 Å². The number of aliphatic hydroxyl groups excluding tert-OH is 1. The molecule has 0 saturated heterocycles. The monoisotopic (exact) mass is 375 g/mol. The summed E-state index contributed by atoms with van der Waals surface area (Å²) in [4.78, 5) is 23.9. The summed E-state index contributed by atoms with van der Waals surface area (Å²) in [5, 5.41) is 13.2. The largest absolute Gasteiger partial charge is 0.459 e. The number of aliphatic hydroxyl groups is 1. The molecule has 0 spiro atoms. The molecule has 3 aromatic rings. The van der Waals surface area contributed by atoms with Crippen LogP contribution < -0.4 is 5.32 Å². The van der Waals surface area contributed by atoms with Crippen molar-refractivity contribution in [2.24, 2.45) is 0 Å². The van der Waals surface area contributed by atoms with Gasteiger partial charge in [0.2, 0.25) is 5.91 Å². The lowest BCUT2D eigenvalue weighted by Crippen LogP contribution is -2.18. The number of carbonyl (C=O) groups is 2. The minimum atomic E-state index is -1.50. The van der Waals surface area contributed by atoms with Gasteiger partial charge in [-0.3, -0.25) is 4.79 Å². The van der Waals surface area contributed by atoms with Crippen LogP contribution in [0.25, 0.3) is 11.1 Å². The van der Waals surface area contributed by atoms with E-state index in [4.69, 9.17) is 4.74 Å². The number of benzene rings is 3. The number of hydrogen-bond acceptors (Lipinski definition) is 4. The predicted octanol–water partition coefficient (Wildman–Crippen LogP) is 4.09. The predicted molar refractivity (Wildman–Crippen MR) is 107 cm³/mol. The van der Waals surface area contributed by atoms with E-state index in [1.165, 1.54) is 6.92 Å². The molecule has 3 aromatic carbocycles. The van der Waals surface area contributed by atoms with E-state index in [-0.39, 0.29) is 18.1 Å². The molecule has 5 heteroatoms. The number of ether oxygens (including phenoxy) is 1. The minimum Gasteiger partial charge on any atom is -0.459 e. The Morgan fingerprint density at radius 3 is 2.21 bits per heavy atom. The van der Waals surface area contributed by atoms with E-state index in [2.05, 4.69) is 5.32 Å². The molecular weight excluding hydrogens is 354 g/mol. The van der Waals surface area contributed by atoms with Crippen molar-refractivity contribution >= 4 is 17.6 Å². The second-order valence-corrected chi connectivity index (χ2v) is 6.35. The van der Waals surface area contributed by atoms with Gasteiger partial charge in [-0.25, -0.2) is 4.79 Å². The summed E-state index contributed by atoms with van der Waals surface area (Å²) < 4.78 is 5.22. The maximum atomic E-state index is 12.3. The van der Waals surface area contributed by atoms with E-state index in [1.54, 1.807) is 18.2 Å². The zero-order chi connectivity index (χ0) is 19.9. The van der Waals surface area contributed by atoms with Crippen molar-refractivity contribution in [1.29, 1.82) is 0 Å². The Bertz CT molecular complexity index is 955. The molecule has 1 amide bonds.